The van der Waals surface area contributed by atoms with Gasteiger partial charge >= 0.3 is 0 Å². The molecule has 0 aliphatic carbocycles. The van der Waals surface area contributed by atoms with Crippen LogP contribution in [0, 0.1) is 0 Å². The van der Waals surface area contributed by atoms with Gasteiger partial charge in [-0.05, 0) is 25.0 Å². The van der Waals surface area contributed by atoms with E-state index in [1.807, 2.05) is 29.0 Å². The van der Waals surface area contributed by atoms with Crippen LogP contribution in [0.5, 0.6) is 0 Å². The van der Waals surface area contributed by atoms with Gasteiger partial charge in [0, 0.05) is 46.0 Å². The van der Waals surface area contributed by atoms with Crippen molar-refractivity contribution in [1.29, 1.82) is 0 Å². The fraction of sp³-hybridized carbons (Fsp3) is 0.455. The molecular formula is C11H16NaO2S3. The summed E-state index contributed by atoms with van der Waals surface area (Å²) >= 11 is -1.61. The van der Waals surface area contributed by atoms with Crippen LogP contribution in [-0.4, -0.2) is 49.8 Å². The van der Waals surface area contributed by atoms with Crippen molar-refractivity contribution >= 4 is 62.2 Å². The molecule has 1 aromatic carbocycles. The minimum Gasteiger partial charge on any atom is -0.306 e. The first-order valence-corrected chi connectivity index (χ1v) is 8.80. The fourth-order valence-corrected chi connectivity index (χ4v) is 3.75. The largest absolute Gasteiger partial charge is 0.306 e. The van der Waals surface area contributed by atoms with E-state index in [1.165, 1.54) is 4.90 Å². The summed E-state index contributed by atoms with van der Waals surface area (Å²) in [6.45, 7) is 0. The summed E-state index contributed by atoms with van der Waals surface area (Å²) in [7, 11) is 3.64. The summed E-state index contributed by atoms with van der Waals surface area (Å²) in [6.07, 6.45) is 3.00. The molecule has 0 fully saturated rings. The molecule has 0 aliphatic rings. The summed E-state index contributed by atoms with van der Waals surface area (Å²) in [5.41, 5.74) is 0. The van der Waals surface area contributed by atoms with E-state index in [-0.39, 0.29) is 29.6 Å². The van der Waals surface area contributed by atoms with E-state index in [2.05, 4.69) is 12.1 Å². The van der Waals surface area contributed by atoms with Crippen molar-refractivity contribution in [2.75, 3.05) is 11.5 Å². The van der Waals surface area contributed by atoms with Crippen LogP contribution in [0.25, 0.3) is 0 Å². The normalized spacial score (nSPS) is 11.8. The molecule has 1 unspecified atom stereocenters. The van der Waals surface area contributed by atoms with Crippen molar-refractivity contribution < 1.29 is 8.76 Å². The minimum atomic E-state index is -1.61. The maximum atomic E-state index is 10.4. The van der Waals surface area contributed by atoms with E-state index in [9.17, 15) is 4.21 Å². The van der Waals surface area contributed by atoms with Gasteiger partial charge < -0.3 is 4.55 Å². The zero-order chi connectivity index (χ0) is 11.6. The van der Waals surface area contributed by atoms with Gasteiger partial charge in [0.25, 0.3) is 0 Å². The number of rotatable bonds is 8. The maximum absolute atomic E-state index is 10.4. The van der Waals surface area contributed by atoms with Gasteiger partial charge in [-0.15, -0.1) is 0 Å². The number of hydrogen-bond acceptors (Lipinski definition) is 3. The molecule has 17 heavy (non-hydrogen) atoms. The Hall–Kier alpha value is 1.03. The number of hydrogen-bond donors (Lipinski definition) is 1. The Labute approximate surface area is 136 Å². The van der Waals surface area contributed by atoms with E-state index in [1.54, 1.807) is 10.8 Å². The quantitative estimate of drug-likeness (QED) is 0.345. The number of unbranched alkanes of at least 4 members (excludes halogenated alkanes) is 2. The predicted molar refractivity (Wildman–Crippen MR) is 80.0 cm³/mol. The molecule has 91 valence electrons. The van der Waals surface area contributed by atoms with Crippen molar-refractivity contribution in [3.05, 3.63) is 30.3 Å². The van der Waals surface area contributed by atoms with Gasteiger partial charge in [-0.25, -0.2) is 4.21 Å². The molecule has 0 bridgehead atoms. The van der Waals surface area contributed by atoms with Crippen LogP contribution in [-0.2, 0) is 11.1 Å². The fourth-order valence-electron chi connectivity index (χ4n) is 1.15. The van der Waals surface area contributed by atoms with E-state index in [0.717, 1.165) is 25.0 Å². The second-order valence-electron chi connectivity index (χ2n) is 3.30. The van der Waals surface area contributed by atoms with Crippen molar-refractivity contribution in [2.45, 2.75) is 24.2 Å². The predicted octanol–water partition coefficient (Wildman–Crippen LogP) is 3.44. The summed E-state index contributed by atoms with van der Waals surface area (Å²) in [6, 6.07) is 10.3. The van der Waals surface area contributed by atoms with E-state index >= 15 is 0 Å². The molecule has 1 radical (unpaired) electrons. The molecule has 0 heterocycles. The zero-order valence-electron chi connectivity index (χ0n) is 10.0. The molecule has 0 spiro atoms. The molecule has 1 aromatic rings. The molecule has 1 atom stereocenters. The van der Waals surface area contributed by atoms with Crippen LogP contribution in [0.15, 0.2) is 35.2 Å². The van der Waals surface area contributed by atoms with Crippen LogP contribution in [0.2, 0.25) is 0 Å². The molecule has 6 heteroatoms. The Balaban J connectivity index is 0.00000256. The second-order valence-corrected chi connectivity index (χ2v) is 6.84. The summed E-state index contributed by atoms with van der Waals surface area (Å²) < 4.78 is 18.9. The van der Waals surface area contributed by atoms with Crippen LogP contribution in [0.3, 0.4) is 0 Å². The topological polar surface area (TPSA) is 37.3 Å². The standard InChI is InChI=1S/C11H16O2S3.Na/c12-16(13)10-6-2-5-9-14-15-11-7-3-1-4-8-11;/h1,3-4,7-8H,2,5-6,9-10H2,(H,12,13);. The van der Waals surface area contributed by atoms with Gasteiger partial charge in [0.1, 0.15) is 0 Å². The van der Waals surface area contributed by atoms with Gasteiger partial charge in [-0.1, -0.05) is 46.2 Å². The second kappa shape index (κ2) is 12.1. The van der Waals surface area contributed by atoms with Gasteiger partial charge in [0.15, 0.2) is 11.1 Å². The monoisotopic (exact) mass is 299 g/mol. The Kier molecular flexibility index (Phi) is 12.8. The van der Waals surface area contributed by atoms with E-state index in [4.69, 9.17) is 4.55 Å². The minimum absolute atomic E-state index is 0. The van der Waals surface area contributed by atoms with Gasteiger partial charge in [-0.3, -0.25) is 0 Å². The molecular weight excluding hydrogens is 283 g/mol. The van der Waals surface area contributed by atoms with Crippen LogP contribution < -0.4 is 0 Å². The van der Waals surface area contributed by atoms with Gasteiger partial charge in [0.05, 0.1) is 0 Å². The third-order valence-corrected chi connectivity index (χ3v) is 5.05. The average molecular weight is 299 g/mol. The summed E-state index contributed by atoms with van der Waals surface area (Å²) in [5, 5.41) is 0. The van der Waals surface area contributed by atoms with Gasteiger partial charge in [-0.2, -0.15) is 0 Å². The molecule has 0 saturated carbocycles. The average Bonchev–Trinajstić information content (AvgIpc) is 2.29. The molecule has 1 N–H and O–H groups in total. The third kappa shape index (κ3) is 10.6. The SMILES string of the molecule is O=S(O)CCCCCSSc1ccccc1.[Na]. The summed E-state index contributed by atoms with van der Waals surface area (Å²) in [4.78, 5) is 1.28. The van der Waals surface area contributed by atoms with Gasteiger partial charge in [0.2, 0.25) is 0 Å². The Morgan fingerprint density at radius 2 is 1.82 bits per heavy atom. The van der Waals surface area contributed by atoms with E-state index in [0.29, 0.717) is 5.75 Å². The molecule has 2 nitrogen and oxygen atoms in total. The first-order valence-electron chi connectivity index (χ1n) is 5.21. The van der Waals surface area contributed by atoms with Crippen LogP contribution >= 0.6 is 21.6 Å². The molecule has 0 aromatic heterocycles. The van der Waals surface area contributed by atoms with E-state index < -0.39 is 11.1 Å². The van der Waals surface area contributed by atoms with Crippen LogP contribution in [0.4, 0.5) is 0 Å². The van der Waals surface area contributed by atoms with Crippen molar-refractivity contribution in [1.82, 2.24) is 0 Å². The number of benzene rings is 1. The zero-order valence-corrected chi connectivity index (χ0v) is 14.5. The van der Waals surface area contributed by atoms with Crippen molar-refractivity contribution in [3.8, 4) is 0 Å². The first-order chi connectivity index (χ1) is 7.79. The van der Waals surface area contributed by atoms with Crippen molar-refractivity contribution in [3.63, 3.8) is 0 Å². The first kappa shape index (κ1) is 18.0. The molecule has 0 saturated heterocycles. The van der Waals surface area contributed by atoms with Crippen LogP contribution in [0.1, 0.15) is 19.3 Å². The maximum Gasteiger partial charge on any atom is 0.152 e. The molecule has 0 amide bonds. The Morgan fingerprint density at radius 3 is 2.47 bits per heavy atom. The Bertz CT molecular complexity index is 309. The van der Waals surface area contributed by atoms with Crippen molar-refractivity contribution in [2.24, 2.45) is 0 Å². The summed E-state index contributed by atoms with van der Waals surface area (Å²) in [5.74, 6) is 1.51. The third-order valence-electron chi connectivity index (χ3n) is 1.94. The molecule has 1 rings (SSSR count). The smallest absolute Gasteiger partial charge is 0.152 e. The molecule has 0 aliphatic heterocycles. The Morgan fingerprint density at radius 1 is 1.12 bits per heavy atom.